The van der Waals surface area contributed by atoms with Gasteiger partial charge < -0.3 is 43.7 Å². The van der Waals surface area contributed by atoms with E-state index in [4.69, 9.17) is 9.47 Å². The van der Waals surface area contributed by atoms with Crippen LogP contribution < -0.4 is 10.4 Å². The summed E-state index contributed by atoms with van der Waals surface area (Å²) in [4.78, 5) is 0. The van der Waals surface area contributed by atoms with Gasteiger partial charge >= 0.3 is 0 Å². The van der Waals surface area contributed by atoms with E-state index in [1.165, 1.54) is 73.6 Å². The van der Waals surface area contributed by atoms with Crippen LogP contribution in [-0.4, -0.2) is 58.2 Å². The topological polar surface area (TPSA) is 75.9 Å². The molecular formula is C105H152F2N2O4Si2Zr. The van der Waals surface area contributed by atoms with E-state index in [2.05, 4.69) is 299 Å². The van der Waals surface area contributed by atoms with Crippen LogP contribution in [0.25, 0.3) is 77.2 Å². The van der Waals surface area contributed by atoms with Crippen LogP contribution >= 0.6 is 0 Å². The summed E-state index contributed by atoms with van der Waals surface area (Å²) < 4.78 is 51.5. The van der Waals surface area contributed by atoms with Gasteiger partial charge in [0.2, 0.25) is 0 Å². The van der Waals surface area contributed by atoms with E-state index in [0.717, 1.165) is 127 Å². The molecule has 0 radical (unpaired) electrons. The minimum Gasteiger partial charge on any atom is -0.582 e. The molecule has 0 amide bonds. The Morgan fingerprint density at radius 2 is 0.612 bits per heavy atom. The van der Waals surface area contributed by atoms with Crippen molar-refractivity contribution in [2.75, 3.05) is 13.2 Å². The minimum atomic E-state index is -2.51. The molecule has 0 unspecified atom stereocenters. The molecule has 6 nitrogen and oxygen atoms in total. The number of unbranched alkanes of at least 4 members (excludes halogenated alkanes) is 10. The van der Waals surface area contributed by atoms with Gasteiger partial charge in [-0.3, -0.25) is 0 Å². The molecule has 0 saturated heterocycles. The first-order valence-corrected chi connectivity index (χ1v) is 49.8. The quantitative estimate of drug-likeness (QED) is 0.0204. The van der Waals surface area contributed by atoms with Crippen molar-refractivity contribution in [1.29, 1.82) is 0 Å². The van der Waals surface area contributed by atoms with Gasteiger partial charge in [0.15, 0.2) is 13.2 Å². The fourth-order valence-electron chi connectivity index (χ4n) is 18.4. The van der Waals surface area contributed by atoms with Crippen molar-refractivity contribution in [2.24, 2.45) is 10.8 Å². The summed E-state index contributed by atoms with van der Waals surface area (Å²) >= 11 is 0. The second kappa shape index (κ2) is 37.0. The van der Waals surface area contributed by atoms with E-state index in [0.29, 0.717) is 53.3 Å². The normalized spacial score (nSPS) is 13.1. The molecule has 2 aromatic heterocycles. The number of phenolic OH excluding ortho intramolecular Hbond substituents is 2. The zero-order chi connectivity index (χ0) is 83.3. The maximum atomic E-state index is 17.6. The number of hydrogen-bond donors (Lipinski definition) is 2. The Hall–Kier alpha value is -6.26. The van der Waals surface area contributed by atoms with Crippen molar-refractivity contribution < 1.29 is 54.7 Å². The molecule has 11 heteroatoms. The first kappa shape index (κ1) is 96.9. The van der Waals surface area contributed by atoms with E-state index in [1.807, 2.05) is 0 Å². The van der Waals surface area contributed by atoms with Crippen LogP contribution in [-0.2, 0) is 58.7 Å². The predicted octanol–water partition coefficient (Wildman–Crippen LogP) is 30.5. The Balaban J connectivity index is 0.00000620. The van der Waals surface area contributed by atoms with Crippen molar-refractivity contribution >= 4 is 70.1 Å². The molecular weight excluding hydrogens is 1540 g/mol. The number of halogens is 2. The summed E-state index contributed by atoms with van der Waals surface area (Å²) in [6.07, 6.45) is 16.1. The van der Waals surface area contributed by atoms with Crippen LogP contribution in [0.15, 0.2) is 121 Å². The van der Waals surface area contributed by atoms with Crippen LogP contribution in [0.5, 0.6) is 23.0 Å². The number of rotatable bonds is 30. The van der Waals surface area contributed by atoms with Crippen molar-refractivity contribution in [3.05, 3.63) is 181 Å². The van der Waals surface area contributed by atoms with E-state index in [-0.39, 0.29) is 96.7 Å². The molecule has 8 aromatic carbocycles. The number of fused-ring (bicyclic) bond motifs is 6. The molecule has 0 saturated carbocycles. The number of aliphatic hydroxyl groups is 2. The molecule has 116 heavy (non-hydrogen) atoms. The standard InChI is InChI=1S/C103H144F2N2O4Si2.2CH3.Zr/c1-29-31-33-35-37-39-52-112(25,26)90-64-74(104)62-82(80-54-72(102(21,22)66-96(3,4)5)60-88(92(80)108)106-84-56-68(98(9,10)11)42-46-76(84)77-47-43-69(57-85(77)106)99(12,13)14)94(90)110-50-41-51-111-95-83(63-75(105)65-91(95)113(27,28)53-40-38-36-34-32-30-2)81-55-73(103(23,24)67-97(6,7)8)61-89(93(81)109)107-86-58-70(100(15,16)17)44-48-78(86)79-49-45-71(59-87(79)107)101(18,19)20;;;/h42-49,54-65,108-109H,29-41,50-53,66-67H2,1-28H3;2*1H3;/q;2*-1;/p+2. The van der Waals surface area contributed by atoms with Gasteiger partial charge in [0, 0.05) is 69.2 Å². The monoisotopic (exact) mass is 1690 g/mol. The average molecular weight is 1690 g/mol. The molecule has 0 atom stereocenters. The van der Waals surface area contributed by atoms with Crippen molar-refractivity contribution in [3.63, 3.8) is 0 Å². The van der Waals surface area contributed by atoms with Crippen molar-refractivity contribution in [3.8, 4) is 56.6 Å². The van der Waals surface area contributed by atoms with Gasteiger partial charge in [-0.05, 0) is 162 Å². The van der Waals surface area contributed by atoms with Crippen molar-refractivity contribution in [2.45, 2.75) is 333 Å². The van der Waals surface area contributed by atoms with E-state index < -0.39 is 27.0 Å². The number of nitrogens with zero attached hydrogens (tertiary/aromatic N) is 2. The van der Waals surface area contributed by atoms with Gasteiger partial charge in [-0.2, -0.15) is 0 Å². The molecule has 0 spiro atoms. The minimum absolute atomic E-state index is 0. The molecule has 2 heterocycles. The zero-order valence-electron chi connectivity index (χ0n) is 77.9. The maximum Gasteiger partial charge on any atom is 0.262 e. The van der Waals surface area contributed by atoms with Crippen LogP contribution in [0, 0.1) is 37.3 Å². The molecule has 0 aliphatic heterocycles. The van der Waals surface area contributed by atoms with Crippen LogP contribution in [0.3, 0.4) is 0 Å². The zero-order valence-corrected chi connectivity index (χ0v) is 82.4. The summed E-state index contributed by atoms with van der Waals surface area (Å²) in [5.41, 5.74) is 13.0. The first-order chi connectivity index (χ1) is 52.4. The van der Waals surface area contributed by atoms with E-state index in [9.17, 15) is 10.2 Å². The fourth-order valence-corrected chi connectivity index (χ4v) is 24.0. The van der Waals surface area contributed by atoms with Gasteiger partial charge in [0.1, 0.15) is 29.6 Å². The van der Waals surface area contributed by atoms with Gasteiger partial charge in [-0.15, -0.1) is 0 Å². The Kier molecular flexibility index (Phi) is 30.9. The smallest absolute Gasteiger partial charge is 0.262 e. The number of hydrogen-bond acceptors (Lipinski definition) is 2. The number of phenols is 2. The summed E-state index contributed by atoms with van der Waals surface area (Å²) in [5, 5.41) is 34.1. The molecule has 0 fully saturated rings. The molecule has 0 aliphatic rings. The van der Waals surface area contributed by atoms with Gasteiger partial charge in [-0.1, -0.05) is 330 Å². The Bertz CT molecular complexity index is 4610. The fraction of sp³-hybridized carbons (Fsp3) is 0.524. The summed E-state index contributed by atoms with van der Waals surface area (Å²) in [6, 6.07) is 44.9. The summed E-state index contributed by atoms with van der Waals surface area (Å²) in [7, 11) is -5.02. The van der Waals surface area contributed by atoms with Crippen LogP contribution in [0.4, 0.5) is 8.78 Å². The second-order valence-corrected chi connectivity index (χ2v) is 52.9. The van der Waals surface area contributed by atoms with E-state index in [1.54, 1.807) is 24.3 Å². The Morgan fingerprint density at radius 3 is 0.879 bits per heavy atom. The third-order valence-electron chi connectivity index (χ3n) is 24.5. The predicted molar refractivity (Wildman–Crippen MR) is 506 cm³/mol. The van der Waals surface area contributed by atoms with Crippen molar-refractivity contribution in [1.82, 2.24) is 9.13 Å². The number of aromatic nitrogens is 2. The van der Waals surface area contributed by atoms with E-state index >= 15 is 8.78 Å². The summed E-state index contributed by atoms with van der Waals surface area (Å²) in [6.45, 7) is 64.9. The number of aromatic hydroxyl groups is 4. The van der Waals surface area contributed by atoms with Crippen LogP contribution in [0.1, 0.15) is 296 Å². The summed E-state index contributed by atoms with van der Waals surface area (Å²) in [5.74, 6) is 0.986. The van der Waals surface area contributed by atoms with Gasteiger partial charge in [0.25, 0.3) is 11.5 Å². The van der Waals surface area contributed by atoms with Crippen LogP contribution in [0.2, 0.25) is 38.3 Å². The Morgan fingerprint density at radius 1 is 0.336 bits per heavy atom. The number of benzene rings is 8. The third kappa shape index (κ3) is 22.1. The molecule has 10 aromatic rings. The SMILES string of the molecule is CCCCCCCC[Si](C)(C)c1cc(F)cc(-c2cc(C(C)(C)CC(C)(C)C)cc(-n3c4cc(C(C)(C)C)ccc4c4ccc(C(C)(C)C)cc43)c2O)c1[OH+]CCC[OH+]c1c(-c2cc(C(C)(C)CC(C)(C)C)cc(-n3c4cc(C(C)(C)C)ccc4c4ccc(C(C)(C)C)cc43)c2O)cc(F)cc1[Si](C)(C)CCCCCCCC.[CH3-].[CH3-].[Zr]. The molecule has 0 bridgehead atoms. The molecule has 10 rings (SSSR count). The maximum absolute atomic E-state index is 17.6. The number of ether oxygens (including phenoxy) is 2. The largest absolute Gasteiger partial charge is 0.582 e. The second-order valence-electron chi connectivity index (χ2n) is 43.2. The molecule has 4 N–H and O–H groups in total. The van der Waals surface area contributed by atoms with Gasteiger partial charge in [0.05, 0.1) is 60.7 Å². The molecule has 0 aliphatic carbocycles. The third-order valence-corrected chi connectivity index (χ3v) is 31.4. The van der Waals surface area contributed by atoms with Gasteiger partial charge in [-0.25, -0.2) is 8.78 Å². The molecule has 632 valence electrons. The Labute approximate surface area is 723 Å². The first-order valence-electron chi connectivity index (χ1n) is 43.4. The average Bonchev–Trinajstić information content (AvgIpc) is 1.51.